The molecule has 6 nitrogen and oxygen atoms in total. The molecule has 0 heterocycles. The monoisotopic (exact) mass is 819 g/mol. The molecular formula is C53H86O6. The number of unbranched alkanes of at least 4 members (excludes halogenated alkanes) is 15. The van der Waals surface area contributed by atoms with Crippen LogP contribution in [0.15, 0.2) is 97.2 Å². The zero-order valence-corrected chi connectivity index (χ0v) is 38.0. The molecule has 0 saturated carbocycles. The molecule has 0 bridgehead atoms. The standard InChI is InChI=1S/C53H86O6/c1-4-7-10-13-16-19-22-24-25-26-27-28-29-32-34-37-40-43-46-52(55)58-49-50(48-57-51(54)45-42-39-36-33-30-21-18-15-12-9-6-3)59-53(56)47-44-41-38-35-31-23-20-17-14-11-8-5-2/h8-9,11-12,17-18,20-21,25-28,31,33,35-36,50H,4-7,10,13-16,19,22-24,29-30,32,34,37-49H2,1-3H3/b11-8-,12-9-,20-17-,21-18-,26-25-,28-27-,35-31-,36-33-. The van der Waals surface area contributed by atoms with E-state index in [2.05, 4.69) is 118 Å². The van der Waals surface area contributed by atoms with E-state index in [4.69, 9.17) is 14.2 Å². The van der Waals surface area contributed by atoms with Gasteiger partial charge in [-0.25, -0.2) is 0 Å². The van der Waals surface area contributed by atoms with Gasteiger partial charge >= 0.3 is 17.9 Å². The summed E-state index contributed by atoms with van der Waals surface area (Å²) in [5.74, 6) is -1.04. The lowest BCUT2D eigenvalue weighted by Crippen LogP contribution is -2.30. The van der Waals surface area contributed by atoms with Crippen LogP contribution in [-0.4, -0.2) is 37.2 Å². The molecule has 0 N–H and O–H groups in total. The maximum atomic E-state index is 12.7. The minimum Gasteiger partial charge on any atom is -0.462 e. The maximum absolute atomic E-state index is 12.7. The summed E-state index contributed by atoms with van der Waals surface area (Å²) < 4.78 is 16.6. The lowest BCUT2D eigenvalue weighted by atomic mass is 10.1. The summed E-state index contributed by atoms with van der Waals surface area (Å²) in [6, 6.07) is 0. The Balaban J connectivity index is 4.48. The largest absolute Gasteiger partial charge is 0.462 e. The number of hydrogen-bond acceptors (Lipinski definition) is 6. The quantitative estimate of drug-likeness (QED) is 0.0201. The highest BCUT2D eigenvalue weighted by Crippen LogP contribution is 2.12. The first kappa shape index (κ1) is 55.3. The van der Waals surface area contributed by atoms with Crippen LogP contribution in [-0.2, 0) is 28.6 Å². The molecule has 0 aromatic heterocycles. The summed E-state index contributed by atoms with van der Waals surface area (Å²) in [5, 5.41) is 0. The summed E-state index contributed by atoms with van der Waals surface area (Å²) in [7, 11) is 0. The second-order valence-electron chi connectivity index (χ2n) is 15.3. The second kappa shape index (κ2) is 47.0. The Labute approximate surface area is 362 Å². The van der Waals surface area contributed by atoms with Crippen LogP contribution >= 0.6 is 0 Å². The molecule has 0 aliphatic heterocycles. The molecule has 0 aromatic rings. The van der Waals surface area contributed by atoms with Crippen LogP contribution in [0.3, 0.4) is 0 Å². The number of allylic oxidation sites excluding steroid dienone is 16. The van der Waals surface area contributed by atoms with E-state index >= 15 is 0 Å². The van der Waals surface area contributed by atoms with Gasteiger partial charge in [0.2, 0.25) is 0 Å². The van der Waals surface area contributed by atoms with Gasteiger partial charge in [-0.15, -0.1) is 0 Å². The highest BCUT2D eigenvalue weighted by molar-refractivity contribution is 5.71. The van der Waals surface area contributed by atoms with E-state index in [1.54, 1.807) is 0 Å². The van der Waals surface area contributed by atoms with Crippen molar-refractivity contribution in [3.05, 3.63) is 97.2 Å². The molecule has 1 atom stereocenters. The molecule has 59 heavy (non-hydrogen) atoms. The molecule has 0 aliphatic rings. The fourth-order valence-corrected chi connectivity index (χ4v) is 6.06. The number of rotatable bonds is 41. The molecular weight excluding hydrogens is 733 g/mol. The zero-order valence-electron chi connectivity index (χ0n) is 38.0. The molecule has 0 aromatic carbocycles. The van der Waals surface area contributed by atoms with E-state index in [1.165, 1.54) is 51.4 Å². The Morgan fingerprint density at radius 3 is 1.24 bits per heavy atom. The molecule has 0 radical (unpaired) electrons. The van der Waals surface area contributed by atoms with Crippen molar-refractivity contribution in [1.82, 2.24) is 0 Å². The van der Waals surface area contributed by atoms with E-state index in [9.17, 15) is 14.4 Å². The molecule has 0 saturated heterocycles. The van der Waals surface area contributed by atoms with Crippen LogP contribution in [0.5, 0.6) is 0 Å². The Kier molecular flexibility index (Phi) is 44.1. The number of carbonyl (C=O) groups excluding carboxylic acids is 3. The zero-order chi connectivity index (χ0) is 43.0. The number of esters is 3. The van der Waals surface area contributed by atoms with Crippen molar-refractivity contribution in [2.45, 2.75) is 207 Å². The SMILES string of the molecule is CC/C=C\C/C=C\C/C=C\CCCCC(=O)OC(COC(=O)CCC/C=C\C/C=C\C/C=C\CC)COC(=O)CCCCCCC/C=C\C=C/CCCCCCCCC. The Morgan fingerprint density at radius 1 is 0.373 bits per heavy atom. The molecule has 6 heteroatoms. The van der Waals surface area contributed by atoms with Gasteiger partial charge in [0.25, 0.3) is 0 Å². The van der Waals surface area contributed by atoms with Crippen LogP contribution in [0, 0.1) is 0 Å². The van der Waals surface area contributed by atoms with Gasteiger partial charge < -0.3 is 14.2 Å². The highest BCUT2D eigenvalue weighted by Gasteiger charge is 2.19. The molecule has 0 amide bonds. The topological polar surface area (TPSA) is 78.9 Å². The second-order valence-corrected chi connectivity index (χ2v) is 15.3. The summed E-state index contributed by atoms with van der Waals surface area (Å²) in [6.45, 7) is 6.28. The first-order chi connectivity index (χ1) is 29.0. The summed E-state index contributed by atoms with van der Waals surface area (Å²) in [4.78, 5) is 37.7. The summed E-state index contributed by atoms with van der Waals surface area (Å²) in [5.41, 5.74) is 0. The van der Waals surface area contributed by atoms with E-state index in [1.807, 2.05) is 0 Å². The average molecular weight is 819 g/mol. The predicted octanol–water partition coefficient (Wildman–Crippen LogP) is 15.4. The lowest BCUT2D eigenvalue weighted by molar-refractivity contribution is -0.167. The van der Waals surface area contributed by atoms with Gasteiger partial charge in [-0.2, -0.15) is 0 Å². The van der Waals surface area contributed by atoms with Crippen LogP contribution < -0.4 is 0 Å². The number of ether oxygens (including phenoxy) is 3. The van der Waals surface area contributed by atoms with E-state index in [0.29, 0.717) is 19.3 Å². The van der Waals surface area contributed by atoms with Crippen molar-refractivity contribution in [2.24, 2.45) is 0 Å². The van der Waals surface area contributed by atoms with Crippen LogP contribution in [0.25, 0.3) is 0 Å². The minimum atomic E-state index is -0.823. The van der Waals surface area contributed by atoms with Gasteiger partial charge in [0, 0.05) is 19.3 Å². The van der Waals surface area contributed by atoms with Crippen molar-refractivity contribution in [1.29, 1.82) is 0 Å². The average Bonchev–Trinajstić information content (AvgIpc) is 3.23. The Morgan fingerprint density at radius 2 is 0.729 bits per heavy atom. The van der Waals surface area contributed by atoms with E-state index < -0.39 is 6.10 Å². The van der Waals surface area contributed by atoms with Crippen molar-refractivity contribution >= 4 is 17.9 Å². The lowest BCUT2D eigenvalue weighted by Gasteiger charge is -2.18. The first-order valence-corrected chi connectivity index (χ1v) is 23.8. The molecule has 0 fully saturated rings. The maximum Gasteiger partial charge on any atom is 0.306 e. The smallest absolute Gasteiger partial charge is 0.306 e. The third kappa shape index (κ3) is 45.3. The molecule has 334 valence electrons. The fraction of sp³-hybridized carbons (Fsp3) is 0.642. The normalized spacial score (nSPS) is 12.9. The van der Waals surface area contributed by atoms with Gasteiger partial charge in [0.1, 0.15) is 13.2 Å². The Hall–Kier alpha value is -3.67. The summed E-state index contributed by atoms with van der Waals surface area (Å²) >= 11 is 0. The molecule has 0 aliphatic carbocycles. The molecule has 1 unspecified atom stereocenters. The van der Waals surface area contributed by atoms with Gasteiger partial charge in [-0.3, -0.25) is 14.4 Å². The van der Waals surface area contributed by atoms with Crippen molar-refractivity contribution < 1.29 is 28.6 Å². The van der Waals surface area contributed by atoms with Crippen molar-refractivity contribution in [3.8, 4) is 0 Å². The van der Waals surface area contributed by atoms with Gasteiger partial charge in [0.05, 0.1) is 0 Å². The molecule has 0 rings (SSSR count). The van der Waals surface area contributed by atoms with Crippen LogP contribution in [0.1, 0.15) is 201 Å². The highest BCUT2D eigenvalue weighted by atomic mass is 16.6. The fourth-order valence-electron chi connectivity index (χ4n) is 6.06. The van der Waals surface area contributed by atoms with Crippen molar-refractivity contribution in [3.63, 3.8) is 0 Å². The van der Waals surface area contributed by atoms with E-state index in [0.717, 1.165) is 96.3 Å². The number of hydrogen-bond donors (Lipinski definition) is 0. The van der Waals surface area contributed by atoms with Gasteiger partial charge in [-0.1, -0.05) is 176 Å². The van der Waals surface area contributed by atoms with Gasteiger partial charge in [0.15, 0.2) is 6.10 Å². The van der Waals surface area contributed by atoms with Crippen LogP contribution in [0.4, 0.5) is 0 Å². The number of carbonyl (C=O) groups is 3. The van der Waals surface area contributed by atoms with Crippen molar-refractivity contribution in [2.75, 3.05) is 13.2 Å². The van der Waals surface area contributed by atoms with E-state index in [-0.39, 0.29) is 44.0 Å². The summed E-state index contributed by atoms with van der Waals surface area (Å²) in [6.07, 6.45) is 61.2. The van der Waals surface area contributed by atoms with Crippen LogP contribution in [0.2, 0.25) is 0 Å². The molecule has 0 spiro atoms. The Bertz CT molecular complexity index is 1220. The third-order valence-corrected chi connectivity index (χ3v) is 9.58. The minimum absolute atomic E-state index is 0.118. The predicted molar refractivity (Wildman–Crippen MR) is 251 cm³/mol. The first-order valence-electron chi connectivity index (χ1n) is 23.8. The third-order valence-electron chi connectivity index (χ3n) is 9.58. The van der Waals surface area contributed by atoms with Gasteiger partial charge in [-0.05, 0) is 103 Å².